The first-order valence-electron chi connectivity index (χ1n) is 9.69. The van der Waals surface area contributed by atoms with Crippen molar-refractivity contribution in [3.8, 4) is 11.3 Å². The fourth-order valence-electron chi connectivity index (χ4n) is 3.27. The third-order valence-corrected chi connectivity index (χ3v) is 5.03. The van der Waals surface area contributed by atoms with Gasteiger partial charge in [0, 0.05) is 22.3 Å². The Morgan fingerprint density at radius 2 is 1.87 bits per heavy atom. The average Bonchev–Trinajstić information content (AvgIpc) is 3.23. The Bertz CT molecular complexity index is 1280. The zero-order valence-electron chi connectivity index (χ0n) is 16.8. The number of pyridine rings is 1. The highest BCUT2D eigenvalue weighted by Crippen LogP contribution is 2.32. The molecule has 0 aliphatic heterocycles. The van der Waals surface area contributed by atoms with Gasteiger partial charge >= 0.3 is 6.18 Å². The van der Waals surface area contributed by atoms with Crippen molar-refractivity contribution in [2.45, 2.75) is 26.4 Å². The molecule has 0 aliphatic rings. The van der Waals surface area contributed by atoms with Crippen LogP contribution in [0.2, 0.25) is 0 Å². The van der Waals surface area contributed by atoms with Gasteiger partial charge in [-0.25, -0.2) is 4.98 Å². The number of aromatic nitrogens is 3. The van der Waals surface area contributed by atoms with E-state index in [1.165, 1.54) is 6.07 Å². The van der Waals surface area contributed by atoms with Crippen molar-refractivity contribution in [3.63, 3.8) is 0 Å². The molecule has 4 aromatic rings. The lowest BCUT2D eigenvalue weighted by atomic mass is 10.0. The van der Waals surface area contributed by atoms with Crippen LogP contribution in [-0.4, -0.2) is 21.1 Å². The number of carbonyl (C=O) groups is 1. The Balaban J connectivity index is 1.58. The SMILES string of the molecule is CCc1cc(C(=O)Nc2ccc(-c3ccc4cc(C(F)(F)F)ccc4n3)cc2C)n[nH]1. The molecule has 0 radical (unpaired) electrons. The molecule has 0 bridgehead atoms. The molecule has 158 valence electrons. The van der Waals surface area contributed by atoms with Gasteiger partial charge in [0.05, 0.1) is 16.8 Å². The summed E-state index contributed by atoms with van der Waals surface area (Å²) in [4.78, 5) is 16.9. The van der Waals surface area contributed by atoms with Gasteiger partial charge in [0.1, 0.15) is 0 Å². The van der Waals surface area contributed by atoms with E-state index < -0.39 is 11.7 Å². The van der Waals surface area contributed by atoms with Crippen LogP contribution in [0.3, 0.4) is 0 Å². The van der Waals surface area contributed by atoms with Crippen LogP contribution < -0.4 is 5.32 Å². The van der Waals surface area contributed by atoms with Crippen molar-refractivity contribution in [2.75, 3.05) is 5.32 Å². The molecule has 2 aromatic heterocycles. The molecule has 0 saturated carbocycles. The number of hydrogen-bond donors (Lipinski definition) is 2. The summed E-state index contributed by atoms with van der Waals surface area (Å²) in [5.41, 5.74) is 3.87. The minimum absolute atomic E-state index is 0.309. The van der Waals surface area contributed by atoms with E-state index in [-0.39, 0.29) is 5.91 Å². The molecule has 0 aliphatic carbocycles. The number of hydrogen-bond acceptors (Lipinski definition) is 3. The molecular weight excluding hydrogens is 405 g/mol. The summed E-state index contributed by atoms with van der Waals surface area (Å²) in [5.74, 6) is -0.309. The number of benzene rings is 2. The number of amides is 1. The average molecular weight is 424 g/mol. The van der Waals surface area contributed by atoms with Crippen molar-refractivity contribution < 1.29 is 18.0 Å². The predicted molar refractivity (Wildman–Crippen MR) is 113 cm³/mol. The Labute approximate surface area is 176 Å². The normalized spacial score (nSPS) is 11.6. The van der Waals surface area contributed by atoms with Gasteiger partial charge in [0.15, 0.2) is 5.69 Å². The molecule has 0 unspecified atom stereocenters. The van der Waals surface area contributed by atoms with Crippen molar-refractivity contribution in [1.29, 1.82) is 0 Å². The van der Waals surface area contributed by atoms with Crippen LogP contribution in [0, 0.1) is 6.92 Å². The standard InChI is InChI=1S/C23H19F3N4O/c1-3-17-12-21(30-29-17)22(31)28-18-7-4-14(10-13(18)2)19-8-5-15-11-16(23(24,25)26)6-9-20(15)27-19/h4-12H,3H2,1-2H3,(H,28,31)(H,29,30). The first kappa shape index (κ1) is 20.6. The maximum atomic E-state index is 12.9. The zero-order chi connectivity index (χ0) is 22.2. The van der Waals surface area contributed by atoms with E-state index in [4.69, 9.17) is 0 Å². The van der Waals surface area contributed by atoms with Crippen LogP contribution in [-0.2, 0) is 12.6 Å². The Morgan fingerprint density at radius 3 is 2.55 bits per heavy atom. The van der Waals surface area contributed by atoms with Crippen LogP contribution >= 0.6 is 0 Å². The maximum Gasteiger partial charge on any atom is 0.416 e. The van der Waals surface area contributed by atoms with Crippen molar-refractivity contribution in [1.82, 2.24) is 15.2 Å². The molecular formula is C23H19F3N4O. The van der Waals surface area contributed by atoms with E-state index >= 15 is 0 Å². The van der Waals surface area contributed by atoms with Crippen LogP contribution in [0.4, 0.5) is 18.9 Å². The third-order valence-electron chi connectivity index (χ3n) is 5.03. The summed E-state index contributed by atoms with van der Waals surface area (Å²) in [6.07, 6.45) is -3.64. The molecule has 1 amide bonds. The highest BCUT2D eigenvalue weighted by atomic mass is 19.4. The smallest absolute Gasteiger partial charge is 0.320 e. The summed E-state index contributed by atoms with van der Waals surface area (Å²) in [6, 6.07) is 14.0. The Hall–Kier alpha value is -3.68. The lowest BCUT2D eigenvalue weighted by molar-refractivity contribution is -0.137. The molecule has 5 nitrogen and oxygen atoms in total. The second-order valence-corrected chi connectivity index (χ2v) is 7.22. The van der Waals surface area contributed by atoms with Crippen LogP contribution in [0.1, 0.15) is 34.2 Å². The molecule has 2 N–H and O–H groups in total. The number of carbonyl (C=O) groups excluding carboxylic acids is 1. The summed E-state index contributed by atoms with van der Waals surface area (Å²) < 4.78 is 38.7. The monoisotopic (exact) mass is 424 g/mol. The van der Waals surface area contributed by atoms with E-state index in [9.17, 15) is 18.0 Å². The third kappa shape index (κ3) is 4.28. The lowest BCUT2D eigenvalue weighted by Gasteiger charge is -2.11. The van der Waals surface area contributed by atoms with Gasteiger partial charge in [0.2, 0.25) is 0 Å². The number of fused-ring (bicyclic) bond motifs is 1. The molecule has 2 aromatic carbocycles. The van der Waals surface area contributed by atoms with E-state index in [0.717, 1.165) is 35.4 Å². The van der Waals surface area contributed by atoms with E-state index in [1.54, 1.807) is 24.3 Å². The van der Waals surface area contributed by atoms with Crippen molar-refractivity contribution in [2.24, 2.45) is 0 Å². The molecule has 0 spiro atoms. The van der Waals surface area contributed by atoms with Gasteiger partial charge in [-0.3, -0.25) is 9.89 Å². The summed E-state index contributed by atoms with van der Waals surface area (Å²) in [6.45, 7) is 3.83. The van der Waals surface area contributed by atoms with Gasteiger partial charge in [-0.1, -0.05) is 19.1 Å². The highest BCUT2D eigenvalue weighted by Gasteiger charge is 2.30. The van der Waals surface area contributed by atoms with Crippen LogP contribution in [0.15, 0.2) is 54.6 Å². The van der Waals surface area contributed by atoms with E-state index in [2.05, 4.69) is 20.5 Å². The van der Waals surface area contributed by atoms with Crippen LogP contribution in [0.25, 0.3) is 22.2 Å². The molecule has 8 heteroatoms. The first-order valence-corrected chi connectivity index (χ1v) is 9.69. The molecule has 31 heavy (non-hydrogen) atoms. The summed E-state index contributed by atoms with van der Waals surface area (Å²) >= 11 is 0. The molecule has 0 fully saturated rings. The van der Waals surface area contributed by atoms with Gasteiger partial charge in [-0.05, 0) is 61.4 Å². The molecule has 2 heterocycles. The first-order chi connectivity index (χ1) is 14.7. The largest absolute Gasteiger partial charge is 0.416 e. The predicted octanol–water partition coefficient (Wildman–Crippen LogP) is 5.77. The fourth-order valence-corrected chi connectivity index (χ4v) is 3.27. The van der Waals surface area contributed by atoms with Gasteiger partial charge < -0.3 is 5.32 Å². The minimum atomic E-state index is -4.39. The molecule has 4 rings (SSSR count). The topological polar surface area (TPSA) is 70.7 Å². The number of aryl methyl sites for hydroxylation is 2. The zero-order valence-corrected chi connectivity index (χ0v) is 16.8. The Morgan fingerprint density at radius 1 is 1.06 bits per heavy atom. The quantitative estimate of drug-likeness (QED) is 0.437. The fraction of sp³-hybridized carbons (Fsp3) is 0.174. The highest BCUT2D eigenvalue weighted by molar-refractivity contribution is 6.03. The van der Waals surface area contributed by atoms with Gasteiger partial charge in [-0.2, -0.15) is 18.3 Å². The van der Waals surface area contributed by atoms with Crippen molar-refractivity contribution >= 4 is 22.5 Å². The van der Waals surface area contributed by atoms with Crippen LogP contribution in [0.5, 0.6) is 0 Å². The van der Waals surface area contributed by atoms with E-state index in [1.807, 2.05) is 26.0 Å². The summed E-state index contributed by atoms with van der Waals surface area (Å²) in [5, 5.41) is 10.1. The summed E-state index contributed by atoms with van der Waals surface area (Å²) in [7, 11) is 0. The van der Waals surface area contributed by atoms with Gasteiger partial charge in [0.25, 0.3) is 5.91 Å². The van der Waals surface area contributed by atoms with Gasteiger partial charge in [-0.15, -0.1) is 0 Å². The number of aromatic amines is 1. The molecule has 0 saturated heterocycles. The number of nitrogens with zero attached hydrogens (tertiary/aromatic N) is 2. The van der Waals surface area contributed by atoms with E-state index in [0.29, 0.717) is 28.0 Å². The Kier molecular flexibility index (Phi) is 5.22. The number of halogens is 3. The number of H-pyrrole nitrogens is 1. The minimum Gasteiger partial charge on any atom is -0.320 e. The van der Waals surface area contributed by atoms with Crippen molar-refractivity contribution in [3.05, 3.63) is 77.1 Å². The number of anilines is 1. The number of alkyl halides is 3. The number of nitrogens with one attached hydrogen (secondary N) is 2. The lowest BCUT2D eigenvalue weighted by Crippen LogP contribution is -2.13. The maximum absolute atomic E-state index is 12.9. The second-order valence-electron chi connectivity index (χ2n) is 7.22. The molecule has 0 atom stereocenters. The second kappa shape index (κ2) is 7.86. The number of rotatable bonds is 4.